The van der Waals surface area contributed by atoms with Crippen LogP contribution in [0.2, 0.25) is 10.0 Å². The molecule has 0 fully saturated rings. The van der Waals surface area contributed by atoms with E-state index < -0.39 is 18.0 Å². The first kappa shape index (κ1) is 34.2. The number of aryl methyl sites for hydroxylation is 2. The number of carbonyl (C=O) groups is 2. The number of hydrogen-bond acceptors (Lipinski definition) is 10. The highest BCUT2D eigenvalue weighted by molar-refractivity contribution is 6.34. The molecule has 16 heteroatoms. The van der Waals surface area contributed by atoms with E-state index >= 15 is 0 Å². The molecule has 3 aromatic carbocycles. The van der Waals surface area contributed by atoms with Crippen LogP contribution >= 0.6 is 23.2 Å². The van der Waals surface area contributed by atoms with Crippen molar-refractivity contribution >= 4 is 52.1 Å². The number of benzene rings is 3. The summed E-state index contributed by atoms with van der Waals surface area (Å²) in [4.78, 5) is 32.6. The van der Waals surface area contributed by atoms with Gasteiger partial charge < -0.3 is 19.5 Å². The van der Waals surface area contributed by atoms with Crippen molar-refractivity contribution in [2.24, 2.45) is 0 Å². The van der Waals surface area contributed by atoms with Crippen LogP contribution in [0.1, 0.15) is 30.0 Å². The molecule has 0 amide bonds. The molecule has 0 spiro atoms. The average Bonchev–Trinajstić information content (AvgIpc) is 3.87. The van der Waals surface area contributed by atoms with Crippen molar-refractivity contribution in [1.29, 1.82) is 0 Å². The maximum Gasteiger partial charge on any atom is 0.354 e. The molecular formula is C34H31Cl2N9O5. The second-order valence-electron chi connectivity index (χ2n) is 10.9. The fourth-order valence-electron chi connectivity index (χ4n) is 4.81. The third-order valence-electron chi connectivity index (χ3n) is 7.23. The van der Waals surface area contributed by atoms with Gasteiger partial charge >= 0.3 is 11.9 Å². The predicted octanol–water partition coefficient (Wildman–Crippen LogP) is 6.56. The van der Waals surface area contributed by atoms with Crippen molar-refractivity contribution in [2.75, 3.05) is 18.8 Å². The number of fused-ring (bicyclic) bond motifs is 2. The molecule has 7 aromatic rings. The number of esters is 2. The van der Waals surface area contributed by atoms with E-state index in [1.54, 1.807) is 35.0 Å². The average molecular weight is 717 g/mol. The molecule has 4 aromatic heterocycles. The van der Waals surface area contributed by atoms with Crippen LogP contribution in [0.25, 0.3) is 34.1 Å². The summed E-state index contributed by atoms with van der Waals surface area (Å²) in [6, 6.07) is 25.9. The van der Waals surface area contributed by atoms with Crippen molar-refractivity contribution in [3.63, 3.8) is 0 Å². The molecule has 0 bridgehead atoms. The Morgan fingerprint density at radius 3 is 1.94 bits per heavy atom. The number of carbonyl (C=O) groups excluding carboxylic acids is 2. The lowest BCUT2D eigenvalue weighted by molar-refractivity contribution is -0.175. The predicted molar refractivity (Wildman–Crippen MR) is 187 cm³/mol. The van der Waals surface area contributed by atoms with Crippen LogP contribution in [0.15, 0.2) is 84.9 Å². The Bertz CT molecular complexity index is 2250. The third kappa shape index (κ3) is 7.78. The van der Waals surface area contributed by atoms with E-state index in [-0.39, 0.29) is 13.5 Å². The van der Waals surface area contributed by atoms with Gasteiger partial charge in [0.1, 0.15) is 16.8 Å². The highest BCUT2D eigenvalue weighted by Gasteiger charge is 2.25. The van der Waals surface area contributed by atoms with Crippen LogP contribution in [-0.4, -0.2) is 65.1 Å². The Morgan fingerprint density at radius 1 is 0.800 bits per heavy atom. The summed E-state index contributed by atoms with van der Waals surface area (Å²) < 4.78 is 18.7. The molecule has 1 atom stereocenters. The van der Waals surface area contributed by atoms with Gasteiger partial charge in [0.15, 0.2) is 29.7 Å². The van der Waals surface area contributed by atoms with Crippen LogP contribution in [0.5, 0.6) is 0 Å². The van der Waals surface area contributed by atoms with Crippen LogP contribution in [-0.2, 0) is 23.8 Å². The van der Waals surface area contributed by atoms with Crippen LogP contribution in [0.4, 0.5) is 5.69 Å². The monoisotopic (exact) mass is 715 g/mol. The van der Waals surface area contributed by atoms with E-state index in [4.69, 9.17) is 37.4 Å². The molecule has 14 nitrogen and oxygen atoms in total. The Balaban J connectivity index is 0.000000223. The normalized spacial score (nSPS) is 11.6. The number of ether oxygens (including phenoxy) is 3. The molecule has 256 valence electrons. The standard InChI is InChI=1S/C23H22ClN5O5.C11H9ClN4/c1-14-19(24)22-26-21(28-29(22)27-14)17-9-6-10-18(11-17)25-12-32-13-33-23(31)20(34-15(2)30)16-7-4-3-5-8-16;1-7-9(12)11-13-10(15-16(11)14-7)8-5-3-2-4-6-8/h3-11,20,25,27H,12-13H2,1-2H3;2-6,14H,1H3. The number of rotatable bonds is 10. The molecule has 4 heterocycles. The highest BCUT2D eigenvalue weighted by atomic mass is 35.5. The van der Waals surface area contributed by atoms with E-state index in [1.807, 2.05) is 68.4 Å². The second-order valence-corrected chi connectivity index (χ2v) is 11.7. The number of hydrogen-bond donors (Lipinski definition) is 3. The lowest BCUT2D eigenvalue weighted by Gasteiger charge is -2.16. The maximum absolute atomic E-state index is 12.4. The van der Waals surface area contributed by atoms with Gasteiger partial charge in [0, 0.05) is 29.3 Å². The van der Waals surface area contributed by atoms with Gasteiger partial charge in [-0.2, -0.15) is 9.26 Å². The quantitative estimate of drug-likeness (QED) is 0.0802. The largest absolute Gasteiger partial charge is 0.446 e. The van der Waals surface area contributed by atoms with Gasteiger partial charge in [0.2, 0.25) is 6.10 Å². The van der Waals surface area contributed by atoms with Crippen molar-refractivity contribution < 1.29 is 23.8 Å². The van der Waals surface area contributed by atoms with E-state index in [1.165, 1.54) is 11.6 Å². The number of anilines is 1. The molecule has 0 saturated heterocycles. The fraction of sp³-hybridized carbons (Fsp3) is 0.176. The van der Waals surface area contributed by atoms with Gasteiger partial charge in [-0.05, 0) is 26.0 Å². The lowest BCUT2D eigenvalue weighted by atomic mass is 10.1. The second kappa shape index (κ2) is 15.2. The van der Waals surface area contributed by atoms with Crippen molar-refractivity contribution in [1.82, 2.24) is 39.6 Å². The SMILES string of the molecule is CC(=O)OC(C(=O)OCOCNc1cccc(-c2nc3c(Cl)c(C)[nH]n3n2)c1)c1ccccc1.Cc1[nH]n2nc(-c3ccccc3)nc2c1Cl. The van der Waals surface area contributed by atoms with Gasteiger partial charge in [0.05, 0.1) is 11.4 Å². The minimum atomic E-state index is -1.15. The first-order valence-electron chi connectivity index (χ1n) is 15.3. The van der Waals surface area contributed by atoms with Crippen LogP contribution in [0.3, 0.4) is 0 Å². The van der Waals surface area contributed by atoms with Gasteiger partial charge in [-0.15, -0.1) is 10.2 Å². The molecule has 1 unspecified atom stereocenters. The van der Waals surface area contributed by atoms with Gasteiger partial charge in [0.25, 0.3) is 0 Å². The Labute approximate surface area is 295 Å². The summed E-state index contributed by atoms with van der Waals surface area (Å²) in [7, 11) is 0. The molecule has 7 rings (SSSR count). The Kier molecular flexibility index (Phi) is 10.4. The minimum Gasteiger partial charge on any atom is -0.446 e. The summed E-state index contributed by atoms with van der Waals surface area (Å²) in [5.41, 5.74) is 5.92. The number of nitrogens with one attached hydrogen (secondary N) is 3. The van der Waals surface area contributed by atoms with Gasteiger partial charge in [-0.1, -0.05) is 96.0 Å². The summed E-state index contributed by atoms with van der Waals surface area (Å²) >= 11 is 12.3. The molecule has 3 N–H and O–H groups in total. The number of aromatic amines is 2. The Morgan fingerprint density at radius 2 is 1.36 bits per heavy atom. The van der Waals surface area contributed by atoms with Crippen molar-refractivity contribution in [2.45, 2.75) is 26.9 Å². The smallest absolute Gasteiger partial charge is 0.354 e. The zero-order valence-corrected chi connectivity index (χ0v) is 28.6. The topological polar surface area (TPSA) is 166 Å². The molecule has 0 saturated carbocycles. The minimum absolute atomic E-state index is 0.0722. The number of halogens is 2. The lowest BCUT2D eigenvalue weighted by Crippen LogP contribution is -2.22. The zero-order valence-electron chi connectivity index (χ0n) is 27.1. The van der Waals surface area contributed by atoms with E-state index in [0.29, 0.717) is 38.6 Å². The molecule has 50 heavy (non-hydrogen) atoms. The van der Waals surface area contributed by atoms with Crippen molar-refractivity contribution in [3.05, 3.63) is 112 Å². The van der Waals surface area contributed by atoms with E-state index in [0.717, 1.165) is 28.2 Å². The summed E-state index contributed by atoms with van der Waals surface area (Å²) in [5.74, 6) is -0.119. The van der Waals surface area contributed by atoms with Gasteiger partial charge in [-0.3, -0.25) is 15.0 Å². The number of nitrogens with zero attached hydrogens (tertiary/aromatic N) is 6. The molecular weight excluding hydrogens is 685 g/mol. The fourth-order valence-corrected chi connectivity index (χ4v) is 5.14. The first-order chi connectivity index (χ1) is 24.2. The number of aromatic nitrogens is 8. The van der Waals surface area contributed by atoms with E-state index in [9.17, 15) is 9.59 Å². The molecule has 0 aliphatic rings. The summed E-state index contributed by atoms with van der Waals surface area (Å²) in [6.45, 7) is 4.72. The molecule has 0 aliphatic carbocycles. The summed E-state index contributed by atoms with van der Waals surface area (Å²) in [6.07, 6.45) is -1.15. The highest BCUT2D eigenvalue weighted by Crippen LogP contribution is 2.25. The maximum atomic E-state index is 12.4. The first-order valence-corrected chi connectivity index (χ1v) is 16.0. The Hall–Kier alpha value is -5.70. The van der Waals surface area contributed by atoms with Crippen LogP contribution < -0.4 is 5.32 Å². The zero-order chi connectivity index (χ0) is 35.2. The molecule has 0 aliphatic heterocycles. The molecule has 0 radical (unpaired) electrons. The number of H-pyrrole nitrogens is 2. The summed E-state index contributed by atoms with van der Waals surface area (Å²) in [5, 5.41) is 19.0. The third-order valence-corrected chi connectivity index (χ3v) is 8.13. The van der Waals surface area contributed by atoms with Gasteiger partial charge in [-0.25, -0.2) is 14.8 Å². The van der Waals surface area contributed by atoms with Crippen molar-refractivity contribution in [3.8, 4) is 22.8 Å². The van der Waals surface area contributed by atoms with E-state index in [2.05, 4.69) is 35.7 Å². The van der Waals surface area contributed by atoms with Crippen LogP contribution in [0, 0.1) is 13.8 Å².